The third-order valence-electron chi connectivity index (χ3n) is 2.02. The van der Waals surface area contributed by atoms with Gasteiger partial charge in [-0.1, -0.05) is 19.1 Å². The zero-order valence-electron chi connectivity index (χ0n) is 8.03. The maximum Gasteiger partial charge on any atom is 0.0748 e. The van der Waals surface area contributed by atoms with E-state index in [-0.39, 0.29) is 0 Å². The van der Waals surface area contributed by atoms with Crippen LogP contribution >= 0.6 is 12.2 Å². The van der Waals surface area contributed by atoms with Crippen molar-refractivity contribution >= 4 is 17.2 Å². The summed E-state index contributed by atoms with van der Waals surface area (Å²) in [6, 6.07) is 2.30. The molecule has 1 aromatic heterocycles. The Morgan fingerprint density at radius 1 is 1.77 bits per heavy atom. The number of rotatable bonds is 4. The van der Waals surface area contributed by atoms with E-state index in [1.54, 1.807) is 0 Å². The van der Waals surface area contributed by atoms with Crippen LogP contribution < -0.4 is 5.73 Å². The summed E-state index contributed by atoms with van der Waals surface area (Å²) < 4.78 is 1.94. The highest BCUT2D eigenvalue weighted by Gasteiger charge is 2.10. The number of nitrogens with zero attached hydrogens (tertiary/aromatic N) is 2. The van der Waals surface area contributed by atoms with E-state index >= 15 is 0 Å². The van der Waals surface area contributed by atoms with Crippen molar-refractivity contribution in [1.82, 2.24) is 9.78 Å². The van der Waals surface area contributed by atoms with E-state index in [9.17, 15) is 0 Å². The van der Waals surface area contributed by atoms with E-state index in [0.717, 1.165) is 18.5 Å². The van der Waals surface area contributed by atoms with Crippen LogP contribution in [0.4, 0.5) is 0 Å². The highest BCUT2D eigenvalue weighted by atomic mass is 32.1. The van der Waals surface area contributed by atoms with E-state index < -0.39 is 0 Å². The maximum atomic E-state index is 5.50. The van der Waals surface area contributed by atoms with Gasteiger partial charge in [0, 0.05) is 12.6 Å². The van der Waals surface area contributed by atoms with Gasteiger partial charge in [-0.25, -0.2) is 0 Å². The second-order valence-corrected chi connectivity index (χ2v) is 3.69. The Morgan fingerprint density at radius 3 is 2.85 bits per heavy atom. The molecule has 72 valence electrons. The molecule has 0 aliphatic rings. The Hall–Kier alpha value is -0.900. The Balaban J connectivity index is 2.72. The molecule has 1 rings (SSSR count). The Morgan fingerprint density at radius 2 is 2.46 bits per heavy atom. The first kappa shape index (κ1) is 10.2. The molecule has 0 saturated heterocycles. The van der Waals surface area contributed by atoms with E-state index in [2.05, 4.69) is 12.0 Å². The second kappa shape index (κ2) is 4.37. The molecule has 0 aromatic carbocycles. The highest BCUT2D eigenvalue weighted by Crippen LogP contribution is 2.14. The molecule has 0 amide bonds. The van der Waals surface area contributed by atoms with Crippen LogP contribution in [0.2, 0.25) is 0 Å². The minimum atomic E-state index is 0.311. The third-order valence-corrected chi connectivity index (χ3v) is 2.19. The van der Waals surface area contributed by atoms with Crippen LogP contribution in [0.1, 0.15) is 31.5 Å². The zero-order valence-corrected chi connectivity index (χ0v) is 8.84. The average Bonchev–Trinajstić information content (AvgIpc) is 2.47. The molecule has 0 fully saturated rings. The first-order valence-electron chi connectivity index (χ1n) is 4.43. The quantitative estimate of drug-likeness (QED) is 0.749. The molecule has 0 bridgehead atoms. The lowest BCUT2D eigenvalue weighted by molar-refractivity contribution is 0.453. The minimum absolute atomic E-state index is 0.311. The lowest BCUT2D eigenvalue weighted by atomic mass is 10.1. The van der Waals surface area contributed by atoms with Crippen LogP contribution in [0.5, 0.6) is 0 Å². The Bertz CT molecular complexity index is 293. The maximum absolute atomic E-state index is 5.50. The molecule has 1 heterocycles. The molecule has 0 saturated carbocycles. The summed E-state index contributed by atoms with van der Waals surface area (Å²) in [4.78, 5) is 0.556. The van der Waals surface area contributed by atoms with Crippen LogP contribution in [0.25, 0.3) is 0 Å². The molecular weight excluding hydrogens is 182 g/mol. The van der Waals surface area contributed by atoms with Crippen LogP contribution in [0, 0.1) is 6.92 Å². The molecule has 0 aliphatic heterocycles. The minimum Gasteiger partial charge on any atom is -0.393 e. The van der Waals surface area contributed by atoms with Gasteiger partial charge in [-0.3, -0.25) is 4.68 Å². The molecule has 3 nitrogen and oxygen atoms in total. The van der Waals surface area contributed by atoms with Crippen molar-refractivity contribution in [2.24, 2.45) is 5.73 Å². The van der Waals surface area contributed by atoms with E-state index in [1.807, 2.05) is 23.9 Å². The van der Waals surface area contributed by atoms with Crippen molar-refractivity contribution in [1.29, 1.82) is 0 Å². The van der Waals surface area contributed by atoms with Gasteiger partial charge in [-0.2, -0.15) is 5.10 Å². The zero-order chi connectivity index (χ0) is 9.84. The number of hydrogen-bond donors (Lipinski definition) is 1. The number of aromatic nitrogens is 2. The second-order valence-electron chi connectivity index (χ2n) is 3.17. The van der Waals surface area contributed by atoms with E-state index in [4.69, 9.17) is 18.0 Å². The van der Waals surface area contributed by atoms with Gasteiger partial charge in [0.2, 0.25) is 0 Å². The van der Waals surface area contributed by atoms with Gasteiger partial charge in [0.25, 0.3) is 0 Å². The predicted octanol–water partition coefficient (Wildman–Crippen LogP) is 1.82. The summed E-state index contributed by atoms with van der Waals surface area (Å²) in [5.74, 6) is 0. The van der Waals surface area contributed by atoms with Gasteiger partial charge >= 0.3 is 0 Å². The lowest BCUT2D eigenvalue weighted by Crippen LogP contribution is -2.17. The molecule has 1 aromatic rings. The largest absolute Gasteiger partial charge is 0.393 e. The first-order valence-corrected chi connectivity index (χ1v) is 4.84. The van der Waals surface area contributed by atoms with Crippen molar-refractivity contribution in [3.8, 4) is 0 Å². The predicted molar refractivity (Wildman–Crippen MR) is 57.7 cm³/mol. The topological polar surface area (TPSA) is 43.8 Å². The molecule has 0 radical (unpaired) electrons. The summed E-state index contributed by atoms with van der Waals surface area (Å²) in [6.45, 7) is 4.09. The third kappa shape index (κ3) is 2.81. The summed E-state index contributed by atoms with van der Waals surface area (Å²) in [5.41, 5.74) is 6.53. The van der Waals surface area contributed by atoms with Crippen molar-refractivity contribution in [2.75, 3.05) is 0 Å². The fourth-order valence-electron chi connectivity index (χ4n) is 1.29. The van der Waals surface area contributed by atoms with Crippen molar-refractivity contribution in [2.45, 2.75) is 32.7 Å². The molecule has 1 unspecified atom stereocenters. The summed E-state index contributed by atoms with van der Waals surface area (Å²) >= 11 is 4.88. The molecule has 0 aliphatic carbocycles. The first-order chi connectivity index (χ1) is 6.13. The van der Waals surface area contributed by atoms with E-state index in [1.165, 1.54) is 0 Å². The number of nitrogens with two attached hydrogens (primary N) is 1. The van der Waals surface area contributed by atoms with Gasteiger partial charge in [-0.15, -0.1) is 0 Å². The molecule has 4 heteroatoms. The fourth-order valence-corrected chi connectivity index (χ4v) is 1.49. The molecule has 13 heavy (non-hydrogen) atoms. The van der Waals surface area contributed by atoms with Crippen molar-refractivity contribution in [3.63, 3.8) is 0 Å². The van der Waals surface area contributed by atoms with Crippen LogP contribution in [-0.2, 0) is 0 Å². The number of aryl methyl sites for hydroxylation is 1. The van der Waals surface area contributed by atoms with Crippen LogP contribution in [0.15, 0.2) is 12.3 Å². The molecule has 2 N–H and O–H groups in total. The normalized spacial score (nSPS) is 12.8. The summed E-state index contributed by atoms with van der Waals surface area (Å²) in [6.07, 6.45) is 3.70. The number of hydrogen-bond acceptors (Lipinski definition) is 2. The molecule has 0 spiro atoms. The molecular formula is C9H15N3S. The standard InChI is InChI=1S/C9H15N3S/c1-3-8(6-9(10)13)12-5-4-7(2)11-12/h4-5,8H,3,6H2,1-2H3,(H2,10,13). The van der Waals surface area contributed by atoms with Crippen molar-refractivity contribution in [3.05, 3.63) is 18.0 Å². The van der Waals surface area contributed by atoms with Gasteiger partial charge in [0.15, 0.2) is 0 Å². The lowest BCUT2D eigenvalue weighted by Gasteiger charge is -2.14. The summed E-state index contributed by atoms with van der Waals surface area (Å²) in [5, 5.41) is 4.34. The van der Waals surface area contributed by atoms with Gasteiger partial charge in [0.1, 0.15) is 0 Å². The van der Waals surface area contributed by atoms with Crippen LogP contribution in [-0.4, -0.2) is 14.8 Å². The summed E-state index contributed by atoms with van der Waals surface area (Å²) in [7, 11) is 0. The highest BCUT2D eigenvalue weighted by molar-refractivity contribution is 7.80. The van der Waals surface area contributed by atoms with Gasteiger partial charge in [0.05, 0.1) is 16.7 Å². The van der Waals surface area contributed by atoms with Gasteiger partial charge in [-0.05, 0) is 19.4 Å². The van der Waals surface area contributed by atoms with Gasteiger partial charge < -0.3 is 5.73 Å². The van der Waals surface area contributed by atoms with Crippen molar-refractivity contribution < 1.29 is 0 Å². The Kier molecular flexibility index (Phi) is 3.42. The fraction of sp³-hybridized carbons (Fsp3) is 0.556. The average molecular weight is 197 g/mol. The SMILES string of the molecule is CCC(CC(N)=S)n1ccc(C)n1. The van der Waals surface area contributed by atoms with E-state index in [0.29, 0.717) is 11.0 Å². The Labute approximate surface area is 83.9 Å². The molecule has 1 atom stereocenters. The smallest absolute Gasteiger partial charge is 0.0748 e. The monoisotopic (exact) mass is 197 g/mol. The van der Waals surface area contributed by atoms with Crippen LogP contribution in [0.3, 0.4) is 0 Å². The number of thiocarbonyl (C=S) groups is 1.